The molecule has 0 radical (unpaired) electrons. The van der Waals surface area contributed by atoms with Gasteiger partial charge in [0.05, 0.1) is 6.10 Å². The van der Waals surface area contributed by atoms with Gasteiger partial charge in [0.1, 0.15) is 6.54 Å². The molecule has 0 aliphatic carbocycles. The van der Waals surface area contributed by atoms with Gasteiger partial charge in [0.15, 0.2) is 0 Å². The Labute approximate surface area is 111 Å². The van der Waals surface area contributed by atoms with E-state index in [9.17, 15) is 18.3 Å². The van der Waals surface area contributed by atoms with Crippen LogP contribution in [0.25, 0.3) is 0 Å². The van der Waals surface area contributed by atoms with Crippen molar-refractivity contribution >= 4 is 5.69 Å². The van der Waals surface area contributed by atoms with Crippen molar-refractivity contribution in [1.82, 2.24) is 0 Å². The van der Waals surface area contributed by atoms with Crippen LogP contribution in [0.2, 0.25) is 0 Å². The molecule has 1 N–H and O–H groups in total. The first kappa shape index (κ1) is 15.8. The van der Waals surface area contributed by atoms with Gasteiger partial charge < -0.3 is 10.0 Å². The number of rotatable bonds is 6. The van der Waals surface area contributed by atoms with Crippen LogP contribution in [0, 0.1) is 0 Å². The molecule has 5 heteroatoms. The molecule has 108 valence electrons. The standard InChI is InChI=1S/C14H20F3NO/c1-3-9-18(10-14(15,16)17)12-8-6-5-7-11(12)13(19)4-2/h5-8,13,19H,3-4,9-10H2,1-2H3/t13-/m1/s1. The third kappa shape index (κ3) is 4.74. The van der Waals surface area contributed by atoms with Crippen LogP contribution in [-0.2, 0) is 0 Å². The number of aliphatic hydroxyl groups excluding tert-OH is 1. The van der Waals surface area contributed by atoms with E-state index in [4.69, 9.17) is 0 Å². The number of anilines is 1. The predicted octanol–water partition coefficient (Wildman–Crippen LogP) is 3.91. The van der Waals surface area contributed by atoms with Crippen molar-refractivity contribution in [3.63, 3.8) is 0 Å². The van der Waals surface area contributed by atoms with Crippen LogP contribution in [0.15, 0.2) is 24.3 Å². The molecule has 1 aromatic rings. The fraction of sp³-hybridized carbons (Fsp3) is 0.571. The Morgan fingerprint density at radius 3 is 2.37 bits per heavy atom. The maximum atomic E-state index is 12.6. The zero-order valence-corrected chi connectivity index (χ0v) is 11.2. The monoisotopic (exact) mass is 275 g/mol. The van der Waals surface area contributed by atoms with Gasteiger partial charge in [0, 0.05) is 17.8 Å². The summed E-state index contributed by atoms with van der Waals surface area (Å²) in [4.78, 5) is 1.29. The van der Waals surface area contributed by atoms with Gasteiger partial charge >= 0.3 is 6.18 Å². The lowest BCUT2D eigenvalue weighted by Crippen LogP contribution is -2.35. The van der Waals surface area contributed by atoms with Crippen LogP contribution in [0.4, 0.5) is 18.9 Å². The highest BCUT2D eigenvalue weighted by molar-refractivity contribution is 5.54. The predicted molar refractivity (Wildman–Crippen MR) is 70.3 cm³/mol. The highest BCUT2D eigenvalue weighted by Crippen LogP contribution is 2.30. The zero-order valence-electron chi connectivity index (χ0n) is 11.2. The Morgan fingerprint density at radius 1 is 1.21 bits per heavy atom. The Balaban J connectivity index is 3.08. The summed E-state index contributed by atoms with van der Waals surface area (Å²) in [5.41, 5.74) is 1.03. The van der Waals surface area contributed by atoms with Gasteiger partial charge in [-0.05, 0) is 18.9 Å². The zero-order chi connectivity index (χ0) is 14.5. The van der Waals surface area contributed by atoms with Crippen molar-refractivity contribution in [1.29, 1.82) is 0 Å². The van der Waals surface area contributed by atoms with Gasteiger partial charge in [-0.3, -0.25) is 0 Å². The van der Waals surface area contributed by atoms with Gasteiger partial charge in [-0.25, -0.2) is 0 Å². The molecule has 0 aliphatic rings. The number of aliphatic hydroxyl groups is 1. The van der Waals surface area contributed by atoms with Crippen molar-refractivity contribution < 1.29 is 18.3 Å². The van der Waals surface area contributed by atoms with Crippen LogP contribution in [-0.4, -0.2) is 24.4 Å². The number of hydrogen-bond donors (Lipinski definition) is 1. The molecule has 1 rings (SSSR count). The molecule has 0 heterocycles. The first-order valence-corrected chi connectivity index (χ1v) is 6.47. The van der Waals surface area contributed by atoms with Crippen molar-refractivity contribution in [2.45, 2.75) is 39.0 Å². The minimum absolute atomic E-state index is 0.312. The summed E-state index contributed by atoms with van der Waals surface area (Å²) >= 11 is 0. The number of halogens is 3. The molecule has 0 amide bonds. The summed E-state index contributed by atoms with van der Waals surface area (Å²) in [6.07, 6.45) is -3.89. The third-order valence-electron chi connectivity index (χ3n) is 2.89. The SMILES string of the molecule is CCCN(CC(F)(F)F)c1ccccc1[C@H](O)CC. The molecular formula is C14H20F3NO. The molecule has 0 bridgehead atoms. The maximum absolute atomic E-state index is 12.6. The first-order chi connectivity index (χ1) is 8.89. The van der Waals surface area contributed by atoms with E-state index in [0.29, 0.717) is 30.6 Å². The van der Waals surface area contributed by atoms with Gasteiger partial charge in [0.25, 0.3) is 0 Å². The Bertz CT molecular complexity index is 393. The van der Waals surface area contributed by atoms with Gasteiger partial charge in [-0.15, -0.1) is 0 Å². The minimum Gasteiger partial charge on any atom is -0.388 e. The van der Waals surface area contributed by atoms with E-state index in [1.165, 1.54) is 4.90 Å². The summed E-state index contributed by atoms with van der Waals surface area (Å²) in [6.45, 7) is 2.96. The molecular weight excluding hydrogens is 255 g/mol. The molecule has 0 fully saturated rings. The second-order valence-electron chi connectivity index (χ2n) is 4.52. The molecule has 1 aromatic carbocycles. The van der Waals surface area contributed by atoms with Crippen LogP contribution in [0.1, 0.15) is 38.4 Å². The normalized spacial score (nSPS) is 13.4. The Morgan fingerprint density at radius 2 is 1.84 bits per heavy atom. The minimum atomic E-state index is -4.25. The summed E-state index contributed by atoms with van der Waals surface area (Å²) in [6, 6.07) is 6.74. The summed E-state index contributed by atoms with van der Waals surface area (Å²) < 4.78 is 37.9. The molecule has 1 atom stereocenters. The largest absolute Gasteiger partial charge is 0.405 e. The molecule has 0 saturated carbocycles. The summed E-state index contributed by atoms with van der Waals surface area (Å²) in [7, 11) is 0. The third-order valence-corrected chi connectivity index (χ3v) is 2.89. The average Bonchev–Trinajstić information content (AvgIpc) is 2.36. The van der Waals surface area contributed by atoms with Gasteiger partial charge in [-0.1, -0.05) is 32.0 Å². The second kappa shape index (κ2) is 6.80. The molecule has 0 saturated heterocycles. The lowest BCUT2D eigenvalue weighted by molar-refractivity contribution is -0.119. The highest BCUT2D eigenvalue weighted by Gasteiger charge is 2.31. The number of para-hydroxylation sites is 1. The van der Waals surface area contributed by atoms with Crippen molar-refractivity contribution in [2.24, 2.45) is 0 Å². The van der Waals surface area contributed by atoms with E-state index in [1.54, 1.807) is 31.2 Å². The van der Waals surface area contributed by atoms with E-state index in [1.807, 2.05) is 6.92 Å². The Kier molecular flexibility index (Phi) is 5.66. The first-order valence-electron chi connectivity index (χ1n) is 6.47. The summed E-state index contributed by atoms with van der Waals surface area (Å²) in [5, 5.41) is 9.92. The fourth-order valence-corrected chi connectivity index (χ4v) is 2.05. The topological polar surface area (TPSA) is 23.5 Å². The van der Waals surface area contributed by atoms with Crippen molar-refractivity contribution in [3.05, 3.63) is 29.8 Å². The fourth-order valence-electron chi connectivity index (χ4n) is 2.05. The number of benzene rings is 1. The quantitative estimate of drug-likeness (QED) is 0.851. The van der Waals surface area contributed by atoms with E-state index in [2.05, 4.69) is 0 Å². The lowest BCUT2D eigenvalue weighted by Gasteiger charge is -2.28. The van der Waals surface area contributed by atoms with E-state index in [0.717, 1.165) is 0 Å². The average molecular weight is 275 g/mol. The van der Waals surface area contributed by atoms with E-state index >= 15 is 0 Å². The second-order valence-corrected chi connectivity index (χ2v) is 4.52. The van der Waals surface area contributed by atoms with Crippen LogP contribution in [0.5, 0.6) is 0 Å². The number of alkyl halides is 3. The molecule has 0 aromatic heterocycles. The molecule has 0 aliphatic heterocycles. The van der Waals surface area contributed by atoms with Gasteiger partial charge in [0.2, 0.25) is 0 Å². The summed E-state index contributed by atoms with van der Waals surface area (Å²) in [5.74, 6) is 0. The van der Waals surface area contributed by atoms with E-state index in [-0.39, 0.29) is 0 Å². The number of hydrogen-bond acceptors (Lipinski definition) is 2. The molecule has 19 heavy (non-hydrogen) atoms. The van der Waals surface area contributed by atoms with Crippen molar-refractivity contribution in [2.75, 3.05) is 18.0 Å². The highest BCUT2D eigenvalue weighted by atomic mass is 19.4. The van der Waals surface area contributed by atoms with E-state index < -0.39 is 18.8 Å². The molecule has 0 unspecified atom stereocenters. The van der Waals surface area contributed by atoms with Crippen molar-refractivity contribution in [3.8, 4) is 0 Å². The van der Waals surface area contributed by atoms with Crippen LogP contribution < -0.4 is 4.90 Å². The lowest BCUT2D eigenvalue weighted by atomic mass is 10.0. The maximum Gasteiger partial charge on any atom is 0.405 e. The molecule has 2 nitrogen and oxygen atoms in total. The van der Waals surface area contributed by atoms with Crippen LogP contribution in [0.3, 0.4) is 0 Å². The molecule has 0 spiro atoms. The smallest absolute Gasteiger partial charge is 0.388 e. The van der Waals surface area contributed by atoms with Gasteiger partial charge in [-0.2, -0.15) is 13.2 Å². The Hall–Kier alpha value is -1.23. The van der Waals surface area contributed by atoms with Crippen LogP contribution >= 0.6 is 0 Å². The number of nitrogens with zero attached hydrogens (tertiary/aromatic N) is 1.